The Kier molecular flexibility index (Phi) is 3.69. The first kappa shape index (κ1) is 11.5. The molecule has 0 aliphatic rings. The van der Waals surface area contributed by atoms with E-state index in [2.05, 4.69) is 15.9 Å². The summed E-state index contributed by atoms with van der Waals surface area (Å²) in [7, 11) is 1.38. The smallest absolute Gasteiger partial charge is 0.178 e. The topological polar surface area (TPSA) is 70.3 Å². The van der Waals surface area contributed by atoms with Crippen molar-refractivity contribution in [3.05, 3.63) is 23.3 Å². The van der Waals surface area contributed by atoms with Crippen LogP contribution in [0.4, 0.5) is 0 Å². The van der Waals surface area contributed by atoms with E-state index < -0.39 is 0 Å². The Morgan fingerprint density at radius 3 is 2.80 bits per heavy atom. The molecule has 0 bridgehead atoms. The van der Waals surface area contributed by atoms with Crippen molar-refractivity contribution in [2.45, 2.75) is 0 Å². The lowest BCUT2D eigenvalue weighted by Crippen LogP contribution is -2.06. The summed E-state index contributed by atoms with van der Waals surface area (Å²) < 4.78 is 4.94. The second-order valence-corrected chi connectivity index (χ2v) is 3.30. The normalized spacial score (nSPS) is 9.40. The summed E-state index contributed by atoms with van der Waals surface area (Å²) in [5.74, 6) is -0.158. The summed E-state index contributed by atoms with van der Waals surface area (Å²) in [5, 5.41) is 18.2. The number of hydrogen-bond acceptors (Lipinski definition) is 4. The molecule has 0 aromatic heterocycles. The van der Waals surface area contributed by atoms with E-state index in [4.69, 9.17) is 10.00 Å². The predicted octanol–water partition coefficient (Wildman–Crippen LogP) is 1.85. The predicted molar refractivity (Wildman–Crippen MR) is 57.5 cm³/mol. The molecular formula is C10H8BrNO3. The lowest BCUT2D eigenvalue weighted by atomic mass is 10.0. The maximum absolute atomic E-state index is 11.5. The van der Waals surface area contributed by atoms with Crippen LogP contribution in [0.1, 0.15) is 15.9 Å². The van der Waals surface area contributed by atoms with Gasteiger partial charge in [-0.3, -0.25) is 4.79 Å². The number of aromatic hydroxyl groups is 1. The van der Waals surface area contributed by atoms with Crippen molar-refractivity contribution in [3.63, 3.8) is 0 Å². The molecule has 0 amide bonds. The molecule has 0 heterocycles. The Morgan fingerprint density at radius 1 is 1.67 bits per heavy atom. The summed E-state index contributed by atoms with van der Waals surface area (Å²) in [5.41, 5.74) is 0.297. The third-order valence-corrected chi connectivity index (χ3v) is 2.34. The van der Waals surface area contributed by atoms with E-state index in [1.54, 1.807) is 0 Å². The molecule has 0 radical (unpaired) electrons. The zero-order valence-corrected chi connectivity index (χ0v) is 9.54. The number of halogens is 1. The number of phenols is 1. The van der Waals surface area contributed by atoms with Crippen molar-refractivity contribution >= 4 is 21.7 Å². The van der Waals surface area contributed by atoms with Crippen LogP contribution in [-0.4, -0.2) is 23.3 Å². The summed E-state index contributed by atoms with van der Waals surface area (Å²) in [6.07, 6.45) is 0. The molecule has 0 fully saturated rings. The number of Topliss-reactive ketones (excluding diaryl/α,β-unsaturated/α-hetero) is 1. The van der Waals surface area contributed by atoms with Crippen molar-refractivity contribution in [1.82, 2.24) is 0 Å². The van der Waals surface area contributed by atoms with Crippen LogP contribution in [0.5, 0.6) is 11.5 Å². The van der Waals surface area contributed by atoms with Gasteiger partial charge in [0.2, 0.25) is 0 Å². The SMILES string of the molecule is COc1cc(O)cc(C#N)c1C(=O)CBr. The van der Waals surface area contributed by atoms with Gasteiger partial charge in [0.05, 0.1) is 23.6 Å². The van der Waals surface area contributed by atoms with Crippen LogP contribution in [0.15, 0.2) is 12.1 Å². The highest BCUT2D eigenvalue weighted by Crippen LogP contribution is 2.28. The Balaban J connectivity index is 3.45. The molecule has 5 heteroatoms. The number of rotatable bonds is 3. The van der Waals surface area contributed by atoms with Gasteiger partial charge in [-0.2, -0.15) is 5.26 Å². The maximum Gasteiger partial charge on any atom is 0.178 e. The van der Waals surface area contributed by atoms with Crippen LogP contribution < -0.4 is 4.74 Å². The van der Waals surface area contributed by atoms with E-state index >= 15 is 0 Å². The van der Waals surface area contributed by atoms with Gasteiger partial charge in [0.25, 0.3) is 0 Å². The average molecular weight is 270 g/mol. The zero-order valence-electron chi connectivity index (χ0n) is 7.95. The third-order valence-electron chi connectivity index (χ3n) is 1.83. The monoisotopic (exact) mass is 269 g/mol. The number of hydrogen-bond donors (Lipinski definition) is 1. The largest absolute Gasteiger partial charge is 0.508 e. The van der Waals surface area contributed by atoms with Crippen LogP contribution in [0.3, 0.4) is 0 Å². The molecule has 0 unspecified atom stereocenters. The Labute approximate surface area is 95.2 Å². The van der Waals surface area contributed by atoms with Gasteiger partial charge < -0.3 is 9.84 Å². The number of carbonyl (C=O) groups excluding carboxylic acids is 1. The highest BCUT2D eigenvalue weighted by Gasteiger charge is 2.17. The van der Waals surface area contributed by atoms with Crippen molar-refractivity contribution < 1.29 is 14.6 Å². The fourth-order valence-electron chi connectivity index (χ4n) is 1.20. The number of benzene rings is 1. The molecule has 1 N–H and O–H groups in total. The molecule has 0 saturated carbocycles. The van der Waals surface area contributed by atoms with E-state index in [0.29, 0.717) is 0 Å². The number of nitriles is 1. The maximum atomic E-state index is 11.5. The van der Waals surface area contributed by atoms with Crippen LogP contribution in [0.25, 0.3) is 0 Å². The Bertz CT molecular complexity index is 437. The molecule has 15 heavy (non-hydrogen) atoms. The first-order chi connectivity index (χ1) is 7.13. The summed E-state index contributed by atoms with van der Waals surface area (Å²) in [4.78, 5) is 11.5. The molecule has 4 nitrogen and oxygen atoms in total. The quantitative estimate of drug-likeness (QED) is 0.672. The van der Waals surface area contributed by atoms with Gasteiger partial charge in [-0.25, -0.2) is 0 Å². The minimum absolute atomic E-state index is 0.100. The summed E-state index contributed by atoms with van der Waals surface area (Å²) >= 11 is 3.02. The van der Waals surface area contributed by atoms with Crippen molar-refractivity contribution in [2.24, 2.45) is 0 Å². The molecular weight excluding hydrogens is 262 g/mol. The van der Waals surface area contributed by atoms with Crippen molar-refractivity contribution in [1.29, 1.82) is 5.26 Å². The number of ether oxygens (including phenoxy) is 1. The number of carbonyl (C=O) groups is 1. The average Bonchev–Trinajstić information content (AvgIpc) is 2.26. The lowest BCUT2D eigenvalue weighted by molar-refractivity contribution is 0.102. The minimum Gasteiger partial charge on any atom is -0.508 e. The number of phenolic OH excluding ortho intramolecular Hbond substituents is 1. The molecule has 1 aromatic rings. The lowest BCUT2D eigenvalue weighted by Gasteiger charge is -2.08. The molecule has 0 aliphatic heterocycles. The van der Waals surface area contributed by atoms with Gasteiger partial charge in [0.15, 0.2) is 5.78 Å². The van der Waals surface area contributed by atoms with E-state index in [9.17, 15) is 9.90 Å². The summed E-state index contributed by atoms with van der Waals surface area (Å²) in [6.45, 7) is 0. The molecule has 0 spiro atoms. The molecule has 78 valence electrons. The number of methoxy groups -OCH3 is 1. The van der Waals surface area contributed by atoms with Gasteiger partial charge in [-0.05, 0) is 6.07 Å². The molecule has 0 atom stereocenters. The zero-order chi connectivity index (χ0) is 11.4. The van der Waals surface area contributed by atoms with Crippen molar-refractivity contribution in [2.75, 3.05) is 12.4 Å². The van der Waals surface area contributed by atoms with Crippen LogP contribution in [0.2, 0.25) is 0 Å². The van der Waals surface area contributed by atoms with Gasteiger partial charge in [0, 0.05) is 6.07 Å². The van der Waals surface area contributed by atoms with Crippen LogP contribution in [0, 0.1) is 11.3 Å². The molecule has 0 aliphatic carbocycles. The van der Waals surface area contributed by atoms with Gasteiger partial charge in [-0.1, -0.05) is 15.9 Å². The minimum atomic E-state index is -0.261. The molecule has 0 saturated heterocycles. The number of nitrogens with zero attached hydrogens (tertiary/aromatic N) is 1. The first-order valence-corrected chi connectivity index (χ1v) is 5.16. The highest BCUT2D eigenvalue weighted by molar-refractivity contribution is 9.09. The fourth-order valence-corrected chi connectivity index (χ4v) is 1.48. The third kappa shape index (κ3) is 2.28. The van der Waals surface area contributed by atoms with Gasteiger partial charge in [0.1, 0.15) is 17.6 Å². The Hall–Kier alpha value is -1.54. The Morgan fingerprint density at radius 2 is 2.33 bits per heavy atom. The highest BCUT2D eigenvalue weighted by atomic mass is 79.9. The molecule has 1 rings (SSSR count). The number of ketones is 1. The fraction of sp³-hybridized carbons (Fsp3) is 0.200. The summed E-state index contributed by atoms with van der Waals surface area (Å²) in [6, 6.07) is 4.38. The van der Waals surface area contributed by atoms with E-state index in [0.717, 1.165) is 0 Å². The standard InChI is InChI=1S/C10H8BrNO3/c1-15-9-3-7(13)2-6(5-12)10(9)8(14)4-11/h2-3,13H,4H2,1H3. The first-order valence-electron chi connectivity index (χ1n) is 4.04. The van der Waals surface area contributed by atoms with E-state index in [1.165, 1.54) is 19.2 Å². The van der Waals surface area contributed by atoms with Crippen LogP contribution >= 0.6 is 15.9 Å². The van der Waals surface area contributed by atoms with E-state index in [1.807, 2.05) is 6.07 Å². The second kappa shape index (κ2) is 4.80. The molecule has 1 aromatic carbocycles. The van der Waals surface area contributed by atoms with Crippen molar-refractivity contribution in [3.8, 4) is 17.6 Å². The van der Waals surface area contributed by atoms with E-state index in [-0.39, 0.29) is 33.7 Å². The van der Waals surface area contributed by atoms with Gasteiger partial charge in [-0.15, -0.1) is 0 Å². The number of alkyl halides is 1. The second-order valence-electron chi connectivity index (χ2n) is 2.74. The van der Waals surface area contributed by atoms with Gasteiger partial charge >= 0.3 is 0 Å². The van der Waals surface area contributed by atoms with Crippen LogP contribution in [-0.2, 0) is 0 Å².